The quantitative estimate of drug-likeness (QED) is 0.461. The molecular weight excluding hydrogens is 281 g/mol. The molecule has 0 fully saturated rings. The zero-order chi connectivity index (χ0) is 10.3. The molecule has 0 aliphatic rings. The molecular formula is C9H18INO2. The molecule has 1 unspecified atom stereocenters. The van der Waals surface area contributed by atoms with E-state index in [0.717, 1.165) is 12.8 Å². The van der Waals surface area contributed by atoms with Crippen LogP contribution in [-0.4, -0.2) is 29.6 Å². The number of nitrogens with one attached hydrogen (secondary N) is 1. The van der Waals surface area contributed by atoms with Gasteiger partial charge in [-0.05, 0) is 12.8 Å². The third-order valence-electron chi connectivity index (χ3n) is 2.03. The normalized spacial score (nSPS) is 13.0. The number of hydrogen-bond donors (Lipinski definition) is 1. The van der Waals surface area contributed by atoms with Crippen molar-refractivity contribution >= 4 is 28.6 Å². The Hall–Kier alpha value is 0.160. The molecule has 0 aliphatic heterocycles. The van der Waals surface area contributed by atoms with E-state index in [1.807, 2.05) is 0 Å². The Labute approximate surface area is 93.7 Å². The fraction of sp³-hybridized carbons (Fsp3) is 0.889. The summed E-state index contributed by atoms with van der Waals surface area (Å²) in [6.07, 6.45) is 2.20. The van der Waals surface area contributed by atoms with E-state index in [4.69, 9.17) is 0 Å². The van der Waals surface area contributed by atoms with Gasteiger partial charge in [0.2, 0.25) is 0 Å². The third-order valence-corrected chi connectivity index (χ3v) is 2.98. The van der Waals surface area contributed by atoms with Crippen molar-refractivity contribution < 1.29 is 9.53 Å². The monoisotopic (exact) mass is 299 g/mol. The summed E-state index contributed by atoms with van der Waals surface area (Å²) < 4.78 is 4.54. The van der Waals surface area contributed by atoms with E-state index in [2.05, 4.69) is 46.5 Å². The SMILES string of the molecule is CCC(CC)NCC(I)C(=O)OC. The molecule has 0 aromatic carbocycles. The fourth-order valence-electron chi connectivity index (χ4n) is 1.06. The van der Waals surface area contributed by atoms with E-state index in [1.165, 1.54) is 7.11 Å². The molecule has 0 rings (SSSR count). The van der Waals surface area contributed by atoms with Crippen molar-refractivity contribution in [3.8, 4) is 0 Å². The number of alkyl halides is 1. The van der Waals surface area contributed by atoms with Crippen LogP contribution in [0.5, 0.6) is 0 Å². The Bertz CT molecular complexity index is 149. The maximum Gasteiger partial charge on any atom is 0.319 e. The number of carbonyl (C=O) groups is 1. The molecule has 0 aromatic heterocycles. The van der Waals surface area contributed by atoms with Gasteiger partial charge in [0.1, 0.15) is 3.92 Å². The summed E-state index contributed by atoms with van der Waals surface area (Å²) in [5, 5.41) is 3.33. The van der Waals surface area contributed by atoms with E-state index in [1.54, 1.807) is 0 Å². The minimum Gasteiger partial charge on any atom is -0.468 e. The van der Waals surface area contributed by atoms with Crippen molar-refractivity contribution in [2.45, 2.75) is 36.7 Å². The summed E-state index contributed by atoms with van der Waals surface area (Å²) in [5.74, 6) is -0.154. The molecule has 3 nitrogen and oxygen atoms in total. The van der Waals surface area contributed by atoms with Crippen molar-refractivity contribution in [3.63, 3.8) is 0 Å². The highest BCUT2D eigenvalue weighted by Crippen LogP contribution is 2.03. The first kappa shape index (κ1) is 13.2. The number of hydrogen-bond acceptors (Lipinski definition) is 3. The van der Waals surface area contributed by atoms with Gasteiger partial charge in [0.05, 0.1) is 7.11 Å². The molecule has 4 heteroatoms. The molecule has 1 atom stereocenters. The number of carbonyl (C=O) groups excluding carboxylic acids is 1. The van der Waals surface area contributed by atoms with Crippen molar-refractivity contribution in [2.75, 3.05) is 13.7 Å². The maximum atomic E-state index is 11.0. The fourth-order valence-corrected chi connectivity index (χ4v) is 1.57. The van der Waals surface area contributed by atoms with Crippen molar-refractivity contribution in [3.05, 3.63) is 0 Å². The Morgan fingerprint density at radius 1 is 1.46 bits per heavy atom. The summed E-state index contributed by atoms with van der Waals surface area (Å²) in [4.78, 5) is 11.0. The number of esters is 1. The Balaban J connectivity index is 3.67. The van der Waals surface area contributed by atoms with Gasteiger partial charge in [-0.15, -0.1) is 0 Å². The number of methoxy groups -OCH3 is 1. The molecule has 0 bridgehead atoms. The standard InChI is InChI=1S/C9H18INO2/c1-4-7(5-2)11-6-8(10)9(12)13-3/h7-8,11H,4-6H2,1-3H3. The number of rotatable bonds is 6. The average molecular weight is 299 g/mol. The Morgan fingerprint density at radius 2 is 2.00 bits per heavy atom. The molecule has 0 saturated carbocycles. The van der Waals surface area contributed by atoms with Crippen molar-refractivity contribution in [2.24, 2.45) is 0 Å². The minimum atomic E-state index is -0.154. The van der Waals surface area contributed by atoms with E-state index < -0.39 is 0 Å². The topological polar surface area (TPSA) is 38.3 Å². The molecule has 0 heterocycles. The van der Waals surface area contributed by atoms with E-state index in [-0.39, 0.29) is 9.89 Å². The molecule has 0 aliphatic carbocycles. The summed E-state index contributed by atoms with van der Waals surface area (Å²) in [7, 11) is 1.42. The van der Waals surface area contributed by atoms with Crippen LogP contribution in [0.25, 0.3) is 0 Å². The molecule has 1 N–H and O–H groups in total. The van der Waals surface area contributed by atoms with Gasteiger partial charge in [-0.3, -0.25) is 4.79 Å². The van der Waals surface area contributed by atoms with Gasteiger partial charge in [-0.1, -0.05) is 36.4 Å². The smallest absolute Gasteiger partial charge is 0.319 e. The van der Waals surface area contributed by atoms with Gasteiger partial charge in [-0.25, -0.2) is 0 Å². The second-order valence-electron chi connectivity index (χ2n) is 2.91. The molecule has 78 valence electrons. The summed E-state index contributed by atoms with van der Waals surface area (Å²) in [6, 6.07) is 0.516. The van der Waals surface area contributed by atoms with Gasteiger partial charge < -0.3 is 10.1 Å². The first-order valence-electron chi connectivity index (χ1n) is 4.60. The van der Waals surface area contributed by atoms with Crippen LogP contribution in [0.1, 0.15) is 26.7 Å². The molecule has 0 amide bonds. The second kappa shape index (κ2) is 7.55. The van der Waals surface area contributed by atoms with Gasteiger partial charge in [0.25, 0.3) is 0 Å². The average Bonchev–Trinajstić information content (AvgIpc) is 2.17. The molecule has 0 saturated heterocycles. The first-order chi connectivity index (χ1) is 6.15. The third kappa shape index (κ3) is 5.46. The lowest BCUT2D eigenvalue weighted by molar-refractivity contribution is -0.139. The molecule has 13 heavy (non-hydrogen) atoms. The van der Waals surface area contributed by atoms with E-state index in [9.17, 15) is 4.79 Å². The lowest BCUT2D eigenvalue weighted by atomic mass is 10.2. The maximum absolute atomic E-state index is 11.0. The van der Waals surface area contributed by atoms with Gasteiger partial charge in [0.15, 0.2) is 0 Å². The zero-order valence-corrected chi connectivity index (χ0v) is 10.6. The van der Waals surface area contributed by atoms with Crippen molar-refractivity contribution in [1.82, 2.24) is 5.32 Å². The summed E-state index contributed by atoms with van der Waals surface area (Å²) >= 11 is 2.10. The molecule has 0 spiro atoms. The van der Waals surface area contributed by atoms with Gasteiger partial charge in [-0.2, -0.15) is 0 Å². The minimum absolute atomic E-state index is 0.0804. The van der Waals surface area contributed by atoms with Gasteiger partial charge in [0, 0.05) is 12.6 Å². The van der Waals surface area contributed by atoms with E-state index >= 15 is 0 Å². The molecule has 0 aromatic rings. The summed E-state index contributed by atoms with van der Waals surface area (Å²) in [5.41, 5.74) is 0. The lowest BCUT2D eigenvalue weighted by Gasteiger charge is -2.16. The van der Waals surface area contributed by atoms with Crippen LogP contribution in [0, 0.1) is 0 Å². The molecule has 0 radical (unpaired) electrons. The summed E-state index contributed by atoms with van der Waals surface area (Å²) in [6.45, 7) is 4.97. The van der Waals surface area contributed by atoms with Crippen LogP contribution in [0.15, 0.2) is 0 Å². The van der Waals surface area contributed by atoms with Crippen LogP contribution in [-0.2, 0) is 9.53 Å². The van der Waals surface area contributed by atoms with Crippen LogP contribution in [0.4, 0.5) is 0 Å². The van der Waals surface area contributed by atoms with Crippen molar-refractivity contribution in [1.29, 1.82) is 0 Å². The Kier molecular flexibility index (Phi) is 7.65. The zero-order valence-electron chi connectivity index (χ0n) is 8.47. The highest BCUT2D eigenvalue weighted by molar-refractivity contribution is 14.1. The van der Waals surface area contributed by atoms with Crippen LogP contribution in [0.3, 0.4) is 0 Å². The van der Waals surface area contributed by atoms with Crippen LogP contribution >= 0.6 is 22.6 Å². The predicted octanol–water partition coefficient (Wildman–Crippen LogP) is 1.74. The largest absolute Gasteiger partial charge is 0.468 e. The van der Waals surface area contributed by atoms with Gasteiger partial charge >= 0.3 is 5.97 Å². The van der Waals surface area contributed by atoms with Crippen LogP contribution in [0.2, 0.25) is 0 Å². The highest BCUT2D eigenvalue weighted by Gasteiger charge is 2.15. The number of ether oxygens (including phenoxy) is 1. The Morgan fingerprint density at radius 3 is 2.38 bits per heavy atom. The first-order valence-corrected chi connectivity index (χ1v) is 5.85. The second-order valence-corrected chi connectivity index (χ2v) is 4.42. The number of halogens is 1. The predicted molar refractivity (Wildman–Crippen MR) is 62.2 cm³/mol. The lowest BCUT2D eigenvalue weighted by Crippen LogP contribution is -2.36. The van der Waals surface area contributed by atoms with Crippen LogP contribution < -0.4 is 5.32 Å². The highest BCUT2D eigenvalue weighted by atomic mass is 127. The van der Waals surface area contributed by atoms with E-state index in [0.29, 0.717) is 12.6 Å².